The third-order valence-electron chi connectivity index (χ3n) is 8.05. The normalized spacial score (nSPS) is 18.8. The summed E-state index contributed by atoms with van der Waals surface area (Å²) in [6, 6.07) is 8.39. The molecule has 2 aliphatic heterocycles. The quantitative estimate of drug-likeness (QED) is 0.345. The Morgan fingerprint density at radius 3 is 2.44 bits per heavy atom. The topological polar surface area (TPSA) is 128 Å². The average Bonchev–Trinajstić information content (AvgIpc) is 3.50. The van der Waals surface area contributed by atoms with Crippen LogP contribution in [0.2, 0.25) is 10.0 Å². The monoisotopic (exact) mass is 634 g/mol. The van der Waals surface area contributed by atoms with Crippen LogP contribution in [0.4, 0.5) is 10.1 Å². The molecule has 232 valence electrons. The lowest BCUT2D eigenvalue weighted by Crippen LogP contribution is -2.56. The van der Waals surface area contributed by atoms with Gasteiger partial charge in [-0.15, -0.1) is 0 Å². The lowest BCUT2D eigenvalue weighted by atomic mass is 9.92. The molecular formula is C30H37Cl2FN6O4. The van der Waals surface area contributed by atoms with E-state index in [1.54, 1.807) is 4.90 Å². The summed E-state index contributed by atoms with van der Waals surface area (Å²) in [7, 11) is 3.96. The molecule has 0 radical (unpaired) electrons. The zero-order chi connectivity index (χ0) is 31.3. The van der Waals surface area contributed by atoms with Crippen LogP contribution in [-0.2, 0) is 32.1 Å². The van der Waals surface area contributed by atoms with Crippen LogP contribution in [-0.4, -0.2) is 90.2 Å². The summed E-state index contributed by atoms with van der Waals surface area (Å²) in [5.41, 5.74) is 7.35. The van der Waals surface area contributed by atoms with E-state index in [2.05, 4.69) is 15.5 Å². The molecule has 0 aromatic heterocycles. The number of amides is 4. The van der Waals surface area contributed by atoms with Gasteiger partial charge in [-0.1, -0.05) is 47.5 Å². The summed E-state index contributed by atoms with van der Waals surface area (Å²) < 4.78 is 14.6. The van der Waals surface area contributed by atoms with Crippen LogP contribution in [0, 0.1) is 5.82 Å². The third kappa shape index (κ3) is 7.83. The zero-order valence-corrected chi connectivity index (χ0v) is 25.8. The third-order valence-corrected chi connectivity index (χ3v) is 8.83. The van der Waals surface area contributed by atoms with Crippen LogP contribution in [0.15, 0.2) is 36.4 Å². The van der Waals surface area contributed by atoms with Gasteiger partial charge in [0.15, 0.2) is 5.82 Å². The van der Waals surface area contributed by atoms with Crippen LogP contribution >= 0.6 is 23.2 Å². The van der Waals surface area contributed by atoms with Gasteiger partial charge in [-0.25, -0.2) is 4.39 Å². The minimum absolute atomic E-state index is 0.00815. The largest absolute Gasteiger partial charge is 0.342 e. The molecule has 1 unspecified atom stereocenters. The fraction of sp³-hybridized carbons (Fsp3) is 0.467. The first-order valence-corrected chi connectivity index (χ1v) is 15.0. The second-order valence-corrected chi connectivity index (χ2v) is 11.9. The lowest BCUT2D eigenvalue weighted by molar-refractivity contribution is -0.144. The van der Waals surface area contributed by atoms with E-state index >= 15 is 0 Å². The van der Waals surface area contributed by atoms with Crippen molar-refractivity contribution < 1.29 is 23.6 Å². The van der Waals surface area contributed by atoms with Crippen molar-refractivity contribution in [2.75, 3.05) is 39.0 Å². The second kappa shape index (κ2) is 14.5. The van der Waals surface area contributed by atoms with Crippen LogP contribution in [0.1, 0.15) is 36.8 Å². The van der Waals surface area contributed by atoms with E-state index in [-0.39, 0.29) is 72.4 Å². The number of fused-ring (bicyclic) bond motifs is 1. The molecule has 0 bridgehead atoms. The van der Waals surface area contributed by atoms with Gasteiger partial charge >= 0.3 is 0 Å². The van der Waals surface area contributed by atoms with E-state index in [0.717, 1.165) is 17.5 Å². The first kappa shape index (κ1) is 32.7. The van der Waals surface area contributed by atoms with Crippen molar-refractivity contribution in [1.29, 1.82) is 0 Å². The second-order valence-electron chi connectivity index (χ2n) is 11.1. The molecule has 2 heterocycles. The van der Waals surface area contributed by atoms with E-state index in [1.165, 1.54) is 17.0 Å². The van der Waals surface area contributed by atoms with Crippen molar-refractivity contribution in [2.24, 2.45) is 5.73 Å². The molecule has 1 fully saturated rings. The Kier molecular flexibility index (Phi) is 11.0. The Morgan fingerprint density at radius 1 is 1.07 bits per heavy atom. The van der Waals surface area contributed by atoms with Crippen LogP contribution in [0.3, 0.4) is 0 Å². The minimum atomic E-state index is -1.11. The summed E-state index contributed by atoms with van der Waals surface area (Å²) in [4.78, 5) is 58.5. The standard InChI is InChI=1S/C30H37Cl2FN6O4/c1-37(2)20-12-14-38(17-20)25(40)9-10-26(41)39-16-19-6-4-3-5-18(19)15-24(39)30(43)36-23(11-13-34)29(42)35-22-8-7-21(31)27(32)28(22)33/h3-8,20,23-24H,9-17,34H2,1-2H3,(H,35,42)(H,36,43)/t20?,23-,24-/m0/s1. The molecule has 4 rings (SSSR count). The highest BCUT2D eigenvalue weighted by Crippen LogP contribution is 2.30. The number of carbonyl (C=O) groups excluding carboxylic acids is 4. The average molecular weight is 636 g/mol. The molecule has 2 aliphatic rings. The fourth-order valence-electron chi connectivity index (χ4n) is 5.47. The van der Waals surface area contributed by atoms with Crippen molar-refractivity contribution >= 4 is 52.5 Å². The first-order chi connectivity index (χ1) is 20.5. The SMILES string of the molecule is CN(C)C1CCN(C(=O)CCC(=O)N2Cc3ccccc3C[C@H]2C(=O)N[C@@H](CCN)C(=O)Nc2ccc(Cl)c(Cl)c2F)C1. The molecule has 13 heteroatoms. The molecule has 0 spiro atoms. The predicted molar refractivity (Wildman–Crippen MR) is 163 cm³/mol. The zero-order valence-electron chi connectivity index (χ0n) is 24.2. The van der Waals surface area contributed by atoms with Gasteiger partial charge in [0, 0.05) is 44.9 Å². The predicted octanol–water partition coefficient (Wildman–Crippen LogP) is 2.80. The number of nitrogens with zero attached hydrogens (tertiary/aromatic N) is 3. The van der Waals surface area contributed by atoms with Gasteiger partial charge < -0.3 is 31.1 Å². The van der Waals surface area contributed by atoms with Crippen molar-refractivity contribution in [2.45, 2.75) is 56.8 Å². The highest BCUT2D eigenvalue weighted by Gasteiger charge is 2.37. The molecule has 1 saturated heterocycles. The van der Waals surface area contributed by atoms with E-state index in [9.17, 15) is 23.6 Å². The Bertz CT molecular complexity index is 1380. The molecule has 2 aromatic carbocycles. The van der Waals surface area contributed by atoms with Crippen molar-refractivity contribution in [3.05, 3.63) is 63.4 Å². The fourth-order valence-corrected chi connectivity index (χ4v) is 5.78. The number of nitrogens with one attached hydrogen (secondary N) is 2. The summed E-state index contributed by atoms with van der Waals surface area (Å²) in [5.74, 6) is -2.57. The lowest BCUT2D eigenvalue weighted by Gasteiger charge is -2.37. The number of nitrogens with two attached hydrogens (primary N) is 1. The van der Waals surface area contributed by atoms with Gasteiger partial charge in [0.2, 0.25) is 23.6 Å². The van der Waals surface area contributed by atoms with Gasteiger partial charge in [0.05, 0.1) is 15.7 Å². The number of hydrogen-bond acceptors (Lipinski definition) is 6. The number of hydrogen-bond donors (Lipinski definition) is 3. The molecule has 4 amide bonds. The van der Waals surface area contributed by atoms with Crippen LogP contribution in [0.5, 0.6) is 0 Å². The number of likely N-dealkylation sites (tertiary alicyclic amines) is 1. The van der Waals surface area contributed by atoms with Crippen molar-refractivity contribution in [3.63, 3.8) is 0 Å². The molecule has 0 saturated carbocycles. The number of anilines is 1. The number of rotatable bonds is 10. The maximum absolute atomic E-state index is 14.6. The van der Waals surface area contributed by atoms with Gasteiger partial charge in [-0.2, -0.15) is 0 Å². The molecular weight excluding hydrogens is 598 g/mol. The maximum Gasteiger partial charge on any atom is 0.247 e. The number of carbonyl (C=O) groups is 4. The van der Waals surface area contributed by atoms with E-state index in [0.29, 0.717) is 13.1 Å². The Hall–Kier alpha value is -3.25. The smallest absolute Gasteiger partial charge is 0.247 e. The van der Waals surface area contributed by atoms with Gasteiger partial charge in [0.1, 0.15) is 12.1 Å². The Balaban J connectivity index is 1.46. The van der Waals surface area contributed by atoms with E-state index in [1.807, 2.05) is 38.4 Å². The van der Waals surface area contributed by atoms with Crippen LogP contribution < -0.4 is 16.4 Å². The molecule has 43 heavy (non-hydrogen) atoms. The number of halogens is 3. The summed E-state index contributed by atoms with van der Waals surface area (Å²) in [6.07, 6.45) is 1.18. The van der Waals surface area contributed by atoms with Crippen molar-refractivity contribution in [1.82, 2.24) is 20.0 Å². The molecule has 2 aromatic rings. The van der Waals surface area contributed by atoms with Crippen molar-refractivity contribution in [3.8, 4) is 0 Å². The van der Waals surface area contributed by atoms with Crippen LogP contribution in [0.25, 0.3) is 0 Å². The number of likely N-dealkylation sites (N-methyl/N-ethyl adjacent to an activating group) is 1. The van der Waals surface area contributed by atoms with Gasteiger partial charge in [-0.3, -0.25) is 19.2 Å². The van der Waals surface area contributed by atoms with E-state index < -0.39 is 29.7 Å². The summed E-state index contributed by atoms with van der Waals surface area (Å²) in [5, 5.41) is 4.80. The van der Waals surface area contributed by atoms with Gasteiger partial charge in [0.25, 0.3) is 0 Å². The highest BCUT2D eigenvalue weighted by molar-refractivity contribution is 6.42. The molecule has 4 N–H and O–H groups in total. The Labute approximate surface area is 260 Å². The molecule has 3 atom stereocenters. The number of benzene rings is 2. The first-order valence-electron chi connectivity index (χ1n) is 14.2. The summed E-state index contributed by atoms with van der Waals surface area (Å²) >= 11 is 11.7. The Morgan fingerprint density at radius 2 is 1.77 bits per heavy atom. The molecule has 0 aliphatic carbocycles. The highest BCUT2D eigenvalue weighted by atomic mass is 35.5. The van der Waals surface area contributed by atoms with Gasteiger partial charge in [-0.05, 0) is 56.7 Å². The maximum atomic E-state index is 14.6. The molecule has 10 nitrogen and oxygen atoms in total. The summed E-state index contributed by atoms with van der Waals surface area (Å²) in [6.45, 7) is 1.52. The van der Waals surface area contributed by atoms with E-state index in [4.69, 9.17) is 28.9 Å². The minimum Gasteiger partial charge on any atom is -0.342 e.